The number of hydrogen-bond donors (Lipinski definition) is 0. The first-order valence-electron chi connectivity index (χ1n) is 8.51. The van der Waals surface area contributed by atoms with Crippen molar-refractivity contribution >= 4 is 5.91 Å². The summed E-state index contributed by atoms with van der Waals surface area (Å²) in [7, 11) is 1.88. The van der Waals surface area contributed by atoms with Crippen molar-refractivity contribution in [2.45, 2.75) is 32.5 Å². The number of aryl methyl sites for hydroxylation is 3. The third-order valence-corrected chi connectivity index (χ3v) is 4.59. The van der Waals surface area contributed by atoms with Gasteiger partial charge in [0.2, 0.25) is 0 Å². The van der Waals surface area contributed by atoms with Gasteiger partial charge < -0.3 is 9.47 Å². The summed E-state index contributed by atoms with van der Waals surface area (Å²) in [5.74, 6) is 0.797. The van der Waals surface area contributed by atoms with E-state index < -0.39 is 0 Å². The van der Waals surface area contributed by atoms with E-state index in [0.717, 1.165) is 30.9 Å². The summed E-state index contributed by atoms with van der Waals surface area (Å²) in [6.07, 6.45) is 10.2. The number of carbonyl (C=O) groups is 1. The second-order valence-corrected chi connectivity index (χ2v) is 6.24. The molecule has 0 bridgehead atoms. The first kappa shape index (κ1) is 15.6. The topological polar surface area (TPSA) is 73.8 Å². The summed E-state index contributed by atoms with van der Waals surface area (Å²) in [5, 5.41) is 8.67. The maximum Gasteiger partial charge on any atom is 0.275 e. The van der Waals surface area contributed by atoms with Gasteiger partial charge in [-0.3, -0.25) is 14.2 Å². The molecule has 1 unspecified atom stereocenters. The van der Waals surface area contributed by atoms with Crippen LogP contribution in [0.3, 0.4) is 0 Å². The van der Waals surface area contributed by atoms with Crippen LogP contribution in [0.2, 0.25) is 0 Å². The van der Waals surface area contributed by atoms with Crippen LogP contribution in [0.15, 0.2) is 37.1 Å². The van der Waals surface area contributed by atoms with Crippen LogP contribution in [0.5, 0.6) is 0 Å². The Hall–Kier alpha value is -2.90. The fourth-order valence-corrected chi connectivity index (χ4v) is 3.37. The molecule has 0 spiro atoms. The van der Waals surface area contributed by atoms with Crippen molar-refractivity contribution in [1.29, 1.82) is 0 Å². The third kappa shape index (κ3) is 2.73. The summed E-state index contributed by atoms with van der Waals surface area (Å²) in [5.41, 5.74) is 1.43. The molecule has 0 radical (unpaired) electrons. The summed E-state index contributed by atoms with van der Waals surface area (Å²) in [6, 6.07) is 1.52. The first-order valence-corrected chi connectivity index (χ1v) is 8.51. The van der Waals surface area contributed by atoms with Gasteiger partial charge in [0.1, 0.15) is 17.6 Å². The Morgan fingerprint density at radius 3 is 2.92 bits per heavy atom. The van der Waals surface area contributed by atoms with Crippen LogP contribution >= 0.6 is 0 Å². The van der Waals surface area contributed by atoms with Gasteiger partial charge in [-0.1, -0.05) is 0 Å². The number of fused-ring (bicyclic) bond motifs is 1. The van der Waals surface area contributed by atoms with Crippen molar-refractivity contribution < 1.29 is 4.79 Å². The second kappa shape index (κ2) is 6.19. The van der Waals surface area contributed by atoms with E-state index in [1.807, 2.05) is 37.5 Å². The maximum atomic E-state index is 13.2. The number of rotatable bonds is 3. The molecule has 0 saturated carbocycles. The molecule has 0 fully saturated rings. The predicted molar refractivity (Wildman–Crippen MR) is 90.8 cm³/mol. The molecule has 3 aromatic rings. The highest BCUT2D eigenvalue weighted by Gasteiger charge is 2.34. The van der Waals surface area contributed by atoms with Gasteiger partial charge in [0, 0.05) is 57.0 Å². The Labute approximate surface area is 145 Å². The number of nitrogens with zero attached hydrogens (tertiary/aromatic N) is 7. The fraction of sp³-hybridized carbons (Fsp3) is 0.412. The molecule has 4 rings (SSSR count). The molecule has 1 aliphatic heterocycles. The van der Waals surface area contributed by atoms with E-state index in [4.69, 9.17) is 0 Å². The van der Waals surface area contributed by atoms with Crippen molar-refractivity contribution in [3.8, 4) is 0 Å². The van der Waals surface area contributed by atoms with Crippen LogP contribution in [0.25, 0.3) is 0 Å². The molecule has 25 heavy (non-hydrogen) atoms. The number of hydrogen-bond acceptors (Lipinski definition) is 4. The number of amides is 1. The standard InChI is InChI=1S/C17H21N7O/c1-3-23-9-5-14(20-23)17(25)24-8-4-7-22-10-6-18-16(22)15(24)13-11-19-21(2)12-13/h5-6,9-12,15H,3-4,7-8H2,1-2H3. The molecule has 3 aromatic heterocycles. The molecule has 8 heteroatoms. The zero-order valence-corrected chi connectivity index (χ0v) is 14.4. The normalized spacial score (nSPS) is 17.4. The number of imidazole rings is 1. The Balaban J connectivity index is 1.77. The van der Waals surface area contributed by atoms with Crippen LogP contribution < -0.4 is 0 Å². The Kier molecular flexibility index (Phi) is 3.87. The average Bonchev–Trinajstić information content (AvgIpc) is 3.33. The van der Waals surface area contributed by atoms with E-state index in [1.54, 1.807) is 27.8 Å². The van der Waals surface area contributed by atoms with Gasteiger partial charge in [-0.2, -0.15) is 10.2 Å². The van der Waals surface area contributed by atoms with Gasteiger partial charge in [-0.05, 0) is 19.4 Å². The minimum Gasteiger partial charge on any atom is -0.333 e. The molecular weight excluding hydrogens is 318 g/mol. The molecule has 0 saturated heterocycles. The molecule has 8 nitrogen and oxygen atoms in total. The van der Waals surface area contributed by atoms with Crippen LogP contribution in [0.1, 0.15) is 41.3 Å². The lowest BCUT2D eigenvalue weighted by Crippen LogP contribution is -2.36. The molecule has 130 valence electrons. The van der Waals surface area contributed by atoms with Crippen LogP contribution in [0, 0.1) is 0 Å². The molecule has 0 N–H and O–H groups in total. The Morgan fingerprint density at radius 1 is 1.32 bits per heavy atom. The minimum absolute atomic E-state index is 0.0718. The zero-order valence-electron chi connectivity index (χ0n) is 14.4. The summed E-state index contributed by atoms with van der Waals surface area (Å²) >= 11 is 0. The largest absolute Gasteiger partial charge is 0.333 e. The SMILES string of the molecule is CCn1ccc(C(=O)N2CCCn3ccnc3C2c2cnn(C)c2)n1. The maximum absolute atomic E-state index is 13.2. The highest BCUT2D eigenvalue weighted by Crippen LogP contribution is 2.31. The number of carbonyl (C=O) groups excluding carboxylic acids is 1. The van der Waals surface area contributed by atoms with Crippen molar-refractivity contribution in [3.05, 3.63) is 54.1 Å². The van der Waals surface area contributed by atoms with E-state index in [2.05, 4.69) is 19.7 Å². The van der Waals surface area contributed by atoms with E-state index in [9.17, 15) is 4.79 Å². The summed E-state index contributed by atoms with van der Waals surface area (Å²) < 4.78 is 5.64. The smallest absolute Gasteiger partial charge is 0.275 e. The quantitative estimate of drug-likeness (QED) is 0.724. The van der Waals surface area contributed by atoms with E-state index in [1.165, 1.54) is 0 Å². The van der Waals surface area contributed by atoms with E-state index >= 15 is 0 Å². The second-order valence-electron chi connectivity index (χ2n) is 6.24. The van der Waals surface area contributed by atoms with Gasteiger partial charge in [-0.15, -0.1) is 0 Å². The molecule has 4 heterocycles. The lowest BCUT2D eigenvalue weighted by Gasteiger charge is -2.28. The van der Waals surface area contributed by atoms with Crippen molar-refractivity contribution in [1.82, 2.24) is 34.0 Å². The molecular formula is C17H21N7O. The molecule has 0 aliphatic carbocycles. The average molecular weight is 339 g/mol. The lowest BCUT2D eigenvalue weighted by atomic mass is 10.1. The van der Waals surface area contributed by atoms with Gasteiger partial charge in [0.05, 0.1) is 6.20 Å². The number of aromatic nitrogens is 6. The Morgan fingerprint density at radius 2 is 2.20 bits per heavy atom. The predicted octanol–water partition coefficient (Wildman–Crippen LogP) is 1.47. The zero-order chi connectivity index (χ0) is 17.4. The van der Waals surface area contributed by atoms with Gasteiger partial charge >= 0.3 is 0 Å². The minimum atomic E-state index is -0.259. The monoisotopic (exact) mass is 339 g/mol. The van der Waals surface area contributed by atoms with Crippen molar-refractivity contribution in [2.75, 3.05) is 6.54 Å². The van der Waals surface area contributed by atoms with Gasteiger partial charge in [0.25, 0.3) is 5.91 Å². The van der Waals surface area contributed by atoms with E-state index in [0.29, 0.717) is 12.2 Å². The van der Waals surface area contributed by atoms with Crippen molar-refractivity contribution in [3.63, 3.8) is 0 Å². The highest BCUT2D eigenvalue weighted by molar-refractivity contribution is 5.92. The molecule has 1 atom stereocenters. The van der Waals surface area contributed by atoms with Gasteiger partial charge in [0.15, 0.2) is 0 Å². The molecule has 1 aliphatic rings. The van der Waals surface area contributed by atoms with Crippen LogP contribution in [-0.2, 0) is 20.1 Å². The van der Waals surface area contributed by atoms with Crippen molar-refractivity contribution in [2.24, 2.45) is 7.05 Å². The Bertz CT molecular complexity index is 890. The third-order valence-electron chi connectivity index (χ3n) is 4.59. The highest BCUT2D eigenvalue weighted by atomic mass is 16.2. The molecule has 1 amide bonds. The summed E-state index contributed by atoms with van der Waals surface area (Å²) in [4.78, 5) is 19.6. The lowest BCUT2D eigenvalue weighted by molar-refractivity contribution is 0.0699. The molecule has 0 aromatic carbocycles. The van der Waals surface area contributed by atoms with Crippen LogP contribution in [-0.4, -0.2) is 46.5 Å². The van der Waals surface area contributed by atoms with Crippen LogP contribution in [0.4, 0.5) is 0 Å². The van der Waals surface area contributed by atoms with Gasteiger partial charge in [-0.25, -0.2) is 4.98 Å². The first-order chi connectivity index (χ1) is 12.2. The summed E-state index contributed by atoms with van der Waals surface area (Å²) in [6.45, 7) is 4.24. The fourth-order valence-electron chi connectivity index (χ4n) is 3.37. The van der Waals surface area contributed by atoms with E-state index in [-0.39, 0.29) is 11.9 Å².